The van der Waals surface area contributed by atoms with Gasteiger partial charge in [0, 0.05) is 18.7 Å². The number of carbonyl (C=O) groups excluding carboxylic acids is 1. The van der Waals surface area contributed by atoms with Crippen LogP contribution < -0.4 is 5.73 Å². The van der Waals surface area contributed by atoms with E-state index in [-0.39, 0.29) is 28.2 Å². The highest BCUT2D eigenvalue weighted by Gasteiger charge is 2.42. The summed E-state index contributed by atoms with van der Waals surface area (Å²) >= 11 is 11.8. The molecule has 0 spiro atoms. The van der Waals surface area contributed by atoms with E-state index in [1.807, 2.05) is 0 Å². The van der Waals surface area contributed by atoms with E-state index < -0.39 is 11.4 Å². The Morgan fingerprint density at radius 1 is 1.35 bits per heavy atom. The maximum atomic E-state index is 12.3. The molecule has 1 fully saturated rings. The van der Waals surface area contributed by atoms with Gasteiger partial charge in [-0.1, -0.05) is 23.2 Å². The van der Waals surface area contributed by atoms with Crippen molar-refractivity contribution in [3.8, 4) is 0 Å². The van der Waals surface area contributed by atoms with Gasteiger partial charge in [0.2, 0.25) is 0 Å². The number of nitrogen functional groups attached to an aromatic ring is 1. The Balaban J connectivity index is 2.24. The SMILES string of the molecule is CC1(C(=O)O)CCN(C(=O)c2cc(Cl)c(N)c(Cl)c2)C1. The molecule has 1 unspecified atom stereocenters. The summed E-state index contributed by atoms with van der Waals surface area (Å²) in [6, 6.07) is 2.89. The Hall–Kier alpha value is -1.46. The van der Waals surface area contributed by atoms with Crippen LogP contribution in [0.15, 0.2) is 12.1 Å². The molecule has 3 N–H and O–H groups in total. The third kappa shape index (κ3) is 2.55. The van der Waals surface area contributed by atoms with Gasteiger partial charge in [-0.05, 0) is 25.5 Å². The number of carboxylic acid groups (broad SMARTS) is 1. The normalized spacial score (nSPS) is 22.1. The van der Waals surface area contributed by atoms with Gasteiger partial charge in [-0.2, -0.15) is 0 Å². The molecular formula is C13H14Cl2N2O3. The van der Waals surface area contributed by atoms with Crippen molar-refractivity contribution in [1.29, 1.82) is 0 Å². The van der Waals surface area contributed by atoms with E-state index in [4.69, 9.17) is 28.9 Å². The van der Waals surface area contributed by atoms with Gasteiger partial charge in [-0.15, -0.1) is 0 Å². The molecule has 1 amide bonds. The number of carboxylic acids is 1. The lowest BCUT2D eigenvalue weighted by Gasteiger charge is -2.20. The summed E-state index contributed by atoms with van der Waals surface area (Å²) in [5, 5.41) is 9.59. The van der Waals surface area contributed by atoms with Gasteiger partial charge < -0.3 is 15.7 Å². The maximum absolute atomic E-state index is 12.3. The summed E-state index contributed by atoms with van der Waals surface area (Å²) in [6.07, 6.45) is 0.421. The molecule has 0 saturated carbocycles. The standard InChI is InChI=1S/C13H14Cl2N2O3/c1-13(12(19)20)2-3-17(6-13)11(18)7-4-8(14)10(16)9(15)5-7/h4-5H,2-3,6,16H2,1H3,(H,19,20). The first kappa shape index (κ1) is 14.9. The first-order chi connectivity index (χ1) is 9.24. The Morgan fingerprint density at radius 2 is 1.90 bits per heavy atom. The van der Waals surface area contributed by atoms with Crippen molar-refractivity contribution in [3.05, 3.63) is 27.7 Å². The van der Waals surface area contributed by atoms with E-state index in [1.165, 1.54) is 17.0 Å². The summed E-state index contributed by atoms with van der Waals surface area (Å²) in [7, 11) is 0. The smallest absolute Gasteiger partial charge is 0.311 e. The van der Waals surface area contributed by atoms with Crippen molar-refractivity contribution in [3.63, 3.8) is 0 Å². The number of hydrogen-bond acceptors (Lipinski definition) is 3. The first-order valence-corrected chi connectivity index (χ1v) is 6.77. The summed E-state index contributed by atoms with van der Waals surface area (Å²) in [5.41, 5.74) is 5.25. The number of benzene rings is 1. The van der Waals surface area contributed by atoms with Crippen molar-refractivity contribution < 1.29 is 14.7 Å². The second kappa shape index (κ2) is 5.14. The molecule has 1 aliphatic heterocycles. The average molecular weight is 317 g/mol. The fourth-order valence-corrected chi connectivity index (χ4v) is 2.69. The van der Waals surface area contributed by atoms with Gasteiger partial charge in [0.25, 0.3) is 5.91 Å². The third-order valence-electron chi connectivity index (χ3n) is 3.60. The van der Waals surface area contributed by atoms with Gasteiger partial charge in [0.15, 0.2) is 0 Å². The second-order valence-corrected chi connectivity index (χ2v) is 6.01. The fourth-order valence-electron chi connectivity index (χ4n) is 2.20. The maximum Gasteiger partial charge on any atom is 0.311 e. The molecule has 1 aromatic rings. The highest BCUT2D eigenvalue weighted by atomic mass is 35.5. The number of aliphatic carboxylic acids is 1. The number of rotatable bonds is 2. The molecule has 1 aliphatic rings. The third-order valence-corrected chi connectivity index (χ3v) is 4.23. The van der Waals surface area contributed by atoms with Crippen molar-refractivity contribution in [2.75, 3.05) is 18.8 Å². The molecule has 1 saturated heterocycles. The van der Waals surface area contributed by atoms with Crippen LogP contribution >= 0.6 is 23.2 Å². The van der Waals surface area contributed by atoms with Crippen molar-refractivity contribution in [2.24, 2.45) is 5.41 Å². The molecule has 108 valence electrons. The highest BCUT2D eigenvalue weighted by Crippen LogP contribution is 2.33. The molecule has 0 aliphatic carbocycles. The number of halogens is 2. The zero-order valence-electron chi connectivity index (χ0n) is 10.8. The number of carbonyl (C=O) groups is 2. The predicted molar refractivity (Wildman–Crippen MR) is 77.1 cm³/mol. The first-order valence-electron chi connectivity index (χ1n) is 6.02. The highest BCUT2D eigenvalue weighted by molar-refractivity contribution is 6.39. The summed E-state index contributed by atoms with van der Waals surface area (Å²) in [6.45, 7) is 2.19. The molecule has 5 nitrogen and oxygen atoms in total. The number of amides is 1. The fraction of sp³-hybridized carbons (Fsp3) is 0.385. The Labute approximate surface area is 126 Å². The van der Waals surface area contributed by atoms with E-state index >= 15 is 0 Å². The van der Waals surface area contributed by atoms with Crippen LogP contribution in [0.25, 0.3) is 0 Å². The zero-order chi connectivity index (χ0) is 15.1. The molecule has 2 rings (SSSR count). The molecule has 0 aromatic heterocycles. The van der Waals surface area contributed by atoms with Crippen LogP contribution in [0.1, 0.15) is 23.7 Å². The van der Waals surface area contributed by atoms with Crippen LogP contribution in [0, 0.1) is 5.41 Å². The summed E-state index contributed by atoms with van der Waals surface area (Å²) in [4.78, 5) is 25.0. The lowest BCUT2D eigenvalue weighted by Crippen LogP contribution is -2.34. The van der Waals surface area contributed by atoms with E-state index in [9.17, 15) is 14.7 Å². The number of nitrogens with two attached hydrogens (primary N) is 1. The van der Waals surface area contributed by atoms with E-state index in [2.05, 4.69) is 0 Å². The average Bonchev–Trinajstić information content (AvgIpc) is 2.78. The van der Waals surface area contributed by atoms with E-state index in [0.29, 0.717) is 18.5 Å². The van der Waals surface area contributed by atoms with Crippen LogP contribution in [0.2, 0.25) is 10.0 Å². The molecule has 20 heavy (non-hydrogen) atoms. The number of likely N-dealkylation sites (tertiary alicyclic amines) is 1. The number of anilines is 1. The minimum Gasteiger partial charge on any atom is -0.481 e. The lowest BCUT2D eigenvalue weighted by molar-refractivity contribution is -0.147. The van der Waals surface area contributed by atoms with Gasteiger partial charge in [-0.3, -0.25) is 9.59 Å². The quantitative estimate of drug-likeness (QED) is 0.821. The molecule has 0 bridgehead atoms. The van der Waals surface area contributed by atoms with Crippen LogP contribution in [0.5, 0.6) is 0 Å². The minimum absolute atomic E-state index is 0.167. The van der Waals surface area contributed by atoms with Crippen molar-refractivity contribution in [1.82, 2.24) is 4.90 Å². The van der Waals surface area contributed by atoms with E-state index in [0.717, 1.165) is 0 Å². The molecule has 1 atom stereocenters. The molecular weight excluding hydrogens is 303 g/mol. The second-order valence-electron chi connectivity index (χ2n) is 5.20. The monoisotopic (exact) mass is 316 g/mol. The van der Waals surface area contributed by atoms with Crippen molar-refractivity contribution >= 4 is 40.8 Å². The van der Waals surface area contributed by atoms with Crippen LogP contribution in [0.4, 0.5) is 5.69 Å². The van der Waals surface area contributed by atoms with Gasteiger partial charge in [0.1, 0.15) is 0 Å². The number of nitrogens with zero attached hydrogens (tertiary/aromatic N) is 1. The number of hydrogen-bond donors (Lipinski definition) is 2. The Morgan fingerprint density at radius 3 is 2.35 bits per heavy atom. The summed E-state index contributed by atoms with van der Waals surface area (Å²) in [5.74, 6) is -1.19. The largest absolute Gasteiger partial charge is 0.481 e. The van der Waals surface area contributed by atoms with Crippen LogP contribution in [-0.2, 0) is 4.79 Å². The van der Waals surface area contributed by atoms with Crippen molar-refractivity contribution in [2.45, 2.75) is 13.3 Å². The molecule has 1 heterocycles. The van der Waals surface area contributed by atoms with Crippen LogP contribution in [-0.4, -0.2) is 35.0 Å². The predicted octanol–water partition coefficient (Wildman–Crippen LogP) is 2.51. The van der Waals surface area contributed by atoms with Gasteiger partial charge in [-0.25, -0.2) is 0 Å². The molecule has 1 aromatic carbocycles. The minimum atomic E-state index is -0.906. The van der Waals surface area contributed by atoms with Crippen LogP contribution in [0.3, 0.4) is 0 Å². The Kier molecular flexibility index (Phi) is 3.84. The summed E-state index contributed by atoms with van der Waals surface area (Å²) < 4.78 is 0. The topological polar surface area (TPSA) is 83.6 Å². The lowest BCUT2D eigenvalue weighted by atomic mass is 9.90. The Bertz CT molecular complexity index is 568. The van der Waals surface area contributed by atoms with Gasteiger partial charge in [0.05, 0.1) is 21.1 Å². The molecule has 0 radical (unpaired) electrons. The van der Waals surface area contributed by atoms with Gasteiger partial charge >= 0.3 is 5.97 Å². The van der Waals surface area contributed by atoms with E-state index in [1.54, 1.807) is 6.92 Å². The molecule has 7 heteroatoms. The zero-order valence-corrected chi connectivity index (χ0v) is 12.3.